The molecule has 1 aromatic carbocycles. The number of nitrogens with zero attached hydrogens (tertiary/aromatic N) is 3. The van der Waals surface area contributed by atoms with Gasteiger partial charge in [-0.15, -0.1) is 0 Å². The van der Waals surface area contributed by atoms with Gasteiger partial charge >= 0.3 is 0 Å². The SMILES string of the molecule is Cc1ccc2c(=O)n(CC(=O)CC3C(C)CCCN3C)cnc2c1. The van der Waals surface area contributed by atoms with Gasteiger partial charge in [-0.3, -0.25) is 14.2 Å². The lowest BCUT2D eigenvalue weighted by molar-refractivity contribution is -0.121. The van der Waals surface area contributed by atoms with Crippen molar-refractivity contribution < 1.29 is 4.79 Å². The van der Waals surface area contributed by atoms with E-state index in [9.17, 15) is 9.59 Å². The van der Waals surface area contributed by atoms with Crippen LogP contribution in [0, 0.1) is 12.8 Å². The highest BCUT2D eigenvalue weighted by Crippen LogP contribution is 2.24. The Morgan fingerprint density at radius 3 is 2.92 bits per heavy atom. The molecule has 1 saturated heterocycles. The number of likely N-dealkylation sites (tertiary alicyclic amines) is 1. The summed E-state index contributed by atoms with van der Waals surface area (Å²) in [5.41, 5.74) is 1.61. The summed E-state index contributed by atoms with van der Waals surface area (Å²) >= 11 is 0. The van der Waals surface area contributed by atoms with Crippen LogP contribution in [0.1, 0.15) is 31.7 Å². The van der Waals surface area contributed by atoms with Gasteiger partial charge in [0.2, 0.25) is 0 Å². The van der Waals surface area contributed by atoms with Crippen molar-refractivity contribution in [1.82, 2.24) is 14.5 Å². The number of rotatable bonds is 4. The average molecular weight is 327 g/mol. The predicted molar refractivity (Wildman–Crippen MR) is 95.2 cm³/mol. The largest absolute Gasteiger partial charge is 0.303 e. The fourth-order valence-corrected chi connectivity index (χ4v) is 3.68. The molecule has 128 valence electrons. The number of hydrogen-bond donors (Lipinski definition) is 0. The molecule has 1 aromatic heterocycles. The topological polar surface area (TPSA) is 55.2 Å². The molecule has 0 bridgehead atoms. The van der Waals surface area contributed by atoms with Crippen molar-refractivity contribution in [2.75, 3.05) is 13.6 Å². The highest BCUT2D eigenvalue weighted by Gasteiger charge is 2.27. The number of carbonyl (C=O) groups is 1. The third kappa shape index (κ3) is 3.41. The first kappa shape index (κ1) is 16.8. The summed E-state index contributed by atoms with van der Waals surface area (Å²) in [5.74, 6) is 0.609. The number of fused-ring (bicyclic) bond motifs is 1. The van der Waals surface area contributed by atoms with Gasteiger partial charge in [0.1, 0.15) is 0 Å². The van der Waals surface area contributed by atoms with Gasteiger partial charge in [0.25, 0.3) is 5.56 Å². The smallest absolute Gasteiger partial charge is 0.261 e. The fourth-order valence-electron chi connectivity index (χ4n) is 3.68. The van der Waals surface area contributed by atoms with Crippen molar-refractivity contribution >= 4 is 16.7 Å². The second-order valence-electron chi connectivity index (χ2n) is 7.11. The van der Waals surface area contributed by atoms with Gasteiger partial charge in [-0.2, -0.15) is 0 Å². The minimum atomic E-state index is -0.140. The summed E-state index contributed by atoms with van der Waals surface area (Å²) in [4.78, 5) is 31.7. The van der Waals surface area contributed by atoms with Crippen LogP contribution in [0.4, 0.5) is 0 Å². The molecule has 0 radical (unpaired) electrons. The van der Waals surface area contributed by atoms with Gasteiger partial charge in [-0.25, -0.2) is 4.98 Å². The molecule has 1 aliphatic heterocycles. The van der Waals surface area contributed by atoms with Crippen molar-refractivity contribution in [3.8, 4) is 0 Å². The van der Waals surface area contributed by atoms with E-state index in [1.807, 2.05) is 19.1 Å². The minimum absolute atomic E-state index is 0.0935. The average Bonchev–Trinajstić information content (AvgIpc) is 2.54. The van der Waals surface area contributed by atoms with E-state index in [2.05, 4.69) is 23.9 Å². The highest BCUT2D eigenvalue weighted by molar-refractivity contribution is 5.80. The monoisotopic (exact) mass is 327 g/mol. The van der Waals surface area contributed by atoms with Gasteiger partial charge < -0.3 is 4.90 Å². The maximum atomic E-state index is 12.6. The van der Waals surface area contributed by atoms with Crippen LogP contribution < -0.4 is 5.56 Å². The number of hydrogen-bond acceptors (Lipinski definition) is 4. The molecule has 2 unspecified atom stereocenters. The molecule has 3 rings (SSSR count). The van der Waals surface area contributed by atoms with E-state index in [0.29, 0.717) is 23.2 Å². The molecule has 1 aliphatic rings. The van der Waals surface area contributed by atoms with Crippen LogP contribution in [0.2, 0.25) is 0 Å². The van der Waals surface area contributed by atoms with E-state index in [1.165, 1.54) is 23.7 Å². The lowest BCUT2D eigenvalue weighted by Gasteiger charge is -2.37. The Bertz CT molecular complexity index is 802. The quantitative estimate of drug-likeness (QED) is 0.865. The fraction of sp³-hybridized carbons (Fsp3) is 0.526. The van der Waals surface area contributed by atoms with Crippen LogP contribution in [0.5, 0.6) is 0 Å². The van der Waals surface area contributed by atoms with E-state index < -0.39 is 0 Å². The molecule has 1 fully saturated rings. The van der Waals surface area contributed by atoms with Crippen LogP contribution in [0.25, 0.3) is 10.9 Å². The zero-order valence-corrected chi connectivity index (χ0v) is 14.7. The number of ketones is 1. The Labute approximate surface area is 142 Å². The second kappa shape index (κ2) is 6.85. The maximum absolute atomic E-state index is 12.6. The van der Waals surface area contributed by atoms with Crippen LogP contribution in [0.3, 0.4) is 0 Å². The van der Waals surface area contributed by atoms with Gasteiger partial charge in [-0.05, 0) is 57.0 Å². The van der Waals surface area contributed by atoms with E-state index in [0.717, 1.165) is 12.1 Å². The van der Waals surface area contributed by atoms with Gasteiger partial charge in [0, 0.05) is 12.5 Å². The summed E-state index contributed by atoms with van der Waals surface area (Å²) in [6.45, 7) is 5.32. The van der Waals surface area contributed by atoms with Crippen LogP contribution in [0.15, 0.2) is 29.3 Å². The molecule has 0 aliphatic carbocycles. The summed E-state index contributed by atoms with van der Waals surface area (Å²) in [5, 5.41) is 0.569. The van der Waals surface area contributed by atoms with E-state index >= 15 is 0 Å². The first-order chi connectivity index (χ1) is 11.5. The first-order valence-electron chi connectivity index (χ1n) is 8.63. The van der Waals surface area contributed by atoms with Gasteiger partial charge in [-0.1, -0.05) is 13.0 Å². The molecule has 0 spiro atoms. The third-order valence-electron chi connectivity index (χ3n) is 5.16. The summed E-state index contributed by atoms with van der Waals surface area (Å²) in [7, 11) is 2.08. The molecule has 5 nitrogen and oxygen atoms in total. The normalized spacial score (nSPS) is 22.0. The third-order valence-corrected chi connectivity index (χ3v) is 5.16. The van der Waals surface area contributed by atoms with Crippen molar-refractivity contribution in [3.05, 3.63) is 40.4 Å². The second-order valence-corrected chi connectivity index (χ2v) is 7.11. The van der Waals surface area contributed by atoms with E-state index in [4.69, 9.17) is 0 Å². The molecular weight excluding hydrogens is 302 g/mol. The van der Waals surface area contributed by atoms with Crippen LogP contribution >= 0.6 is 0 Å². The Kier molecular flexibility index (Phi) is 4.81. The number of aryl methyl sites for hydroxylation is 1. The van der Waals surface area contributed by atoms with Gasteiger partial charge in [0.05, 0.1) is 23.8 Å². The molecule has 0 N–H and O–H groups in total. The van der Waals surface area contributed by atoms with Crippen molar-refractivity contribution in [2.45, 2.75) is 45.7 Å². The van der Waals surface area contributed by atoms with Crippen LogP contribution in [-0.4, -0.2) is 39.9 Å². The standard InChI is InChI=1S/C19H25N3O2/c1-13-6-7-16-17(9-13)20-12-22(19(16)24)11-15(23)10-18-14(2)5-4-8-21(18)3/h6-7,9,12,14,18H,4-5,8,10-11H2,1-3H3. The number of piperidine rings is 1. The molecule has 2 atom stereocenters. The molecule has 24 heavy (non-hydrogen) atoms. The lowest BCUT2D eigenvalue weighted by atomic mass is 9.88. The minimum Gasteiger partial charge on any atom is -0.303 e. The number of Topliss-reactive ketones (excluding diaryl/α,β-unsaturated/α-hetero) is 1. The molecule has 2 heterocycles. The van der Waals surface area contributed by atoms with Crippen molar-refractivity contribution in [3.63, 3.8) is 0 Å². The molecule has 0 saturated carbocycles. The summed E-state index contributed by atoms with van der Waals surface area (Å²) < 4.78 is 1.44. The summed E-state index contributed by atoms with van der Waals surface area (Å²) in [6.07, 6.45) is 4.35. The Morgan fingerprint density at radius 1 is 1.38 bits per heavy atom. The van der Waals surface area contributed by atoms with Crippen molar-refractivity contribution in [1.29, 1.82) is 0 Å². The predicted octanol–water partition coefficient (Wildman–Crippen LogP) is 2.39. The zero-order chi connectivity index (χ0) is 17.3. The summed E-state index contributed by atoms with van der Waals surface area (Å²) in [6, 6.07) is 5.86. The number of aromatic nitrogens is 2. The Hall–Kier alpha value is -2.01. The van der Waals surface area contributed by atoms with E-state index in [-0.39, 0.29) is 23.9 Å². The van der Waals surface area contributed by atoms with Crippen LogP contribution in [-0.2, 0) is 11.3 Å². The zero-order valence-electron chi connectivity index (χ0n) is 14.7. The van der Waals surface area contributed by atoms with Crippen molar-refractivity contribution in [2.24, 2.45) is 5.92 Å². The molecular formula is C19H25N3O2. The maximum Gasteiger partial charge on any atom is 0.261 e. The highest BCUT2D eigenvalue weighted by atomic mass is 16.1. The lowest BCUT2D eigenvalue weighted by Crippen LogP contribution is -2.43. The molecule has 5 heteroatoms. The van der Waals surface area contributed by atoms with E-state index in [1.54, 1.807) is 6.07 Å². The Balaban J connectivity index is 1.77. The molecule has 2 aromatic rings. The molecule has 0 amide bonds. The first-order valence-corrected chi connectivity index (χ1v) is 8.63. The Morgan fingerprint density at radius 2 is 2.17 bits per heavy atom. The number of benzene rings is 1. The number of carbonyl (C=O) groups excluding carboxylic acids is 1. The van der Waals surface area contributed by atoms with Gasteiger partial charge in [0.15, 0.2) is 5.78 Å².